The van der Waals surface area contributed by atoms with E-state index in [-0.39, 0.29) is 11.3 Å². The number of nitrogens with two attached hydrogens (primary N) is 1. The second kappa shape index (κ2) is 5.78. The number of nitrogen functional groups attached to an aromatic ring is 1. The van der Waals surface area contributed by atoms with Gasteiger partial charge in [-0.1, -0.05) is 11.6 Å². The molecule has 128 valence electrons. The van der Waals surface area contributed by atoms with Crippen LogP contribution in [0.25, 0.3) is 16.7 Å². The Balaban J connectivity index is 2.52. The van der Waals surface area contributed by atoms with Gasteiger partial charge in [-0.3, -0.25) is 9.36 Å². The molecule has 10 heteroatoms. The predicted octanol–water partition coefficient (Wildman–Crippen LogP) is 2.74. The lowest BCUT2D eigenvalue weighted by molar-refractivity contribution is 0.0695. The van der Waals surface area contributed by atoms with Gasteiger partial charge in [-0.25, -0.2) is 22.9 Å². The molecule has 2 heterocycles. The van der Waals surface area contributed by atoms with Crippen molar-refractivity contribution in [2.45, 2.75) is 0 Å². The Hall–Kier alpha value is -3.07. The Morgan fingerprint density at radius 3 is 2.56 bits per heavy atom. The number of carboxylic acid groups (broad SMARTS) is 1. The van der Waals surface area contributed by atoms with Crippen LogP contribution in [-0.4, -0.2) is 20.6 Å². The van der Waals surface area contributed by atoms with Gasteiger partial charge in [0.1, 0.15) is 17.1 Å². The second-order valence-corrected chi connectivity index (χ2v) is 5.33. The second-order valence-electron chi connectivity index (χ2n) is 4.97. The molecule has 6 nitrogen and oxygen atoms in total. The predicted molar refractivity (Wildman–Crippen MR) is 83.6 cm³/mol. The van der Waals surface area contributed by atoms with Gasteiger partial charge < -0.3 is 10.8 Å². The van der Waals surface area contributed by atoms with Gasteiger partial charge in [-0.15, -0.1) is 0 Å². The third-order valence-electron chi connectivity index (χ3n) is 3.48. The minimum Gasteiger partial charge on any atom is -0.477 e. The van der Waals surface area contributed by atoms with Crippen LogP contribution in [0.4, 0.5) is 18.9 Å². The van der Waals surface area contributed by atoms with Crippen LogP contribution in [0.5, 0.6) is 0 Å². The molecule has 25 heavy (non-hydrogen) atoms. The van der Waals surface area contributed by atoms with Gasteiger partial charge in [0.2, 0.25) is 5.43 Å². The van der Waals surface area contributed by atoms with Crippen molar-refractivity contribution in [3.63, 3.8) is 0 Å². The fourth-order valence-electron chi connectivity index (χ4n) is 2.28. The molecule has 0 spiro atoms. The molecule has 0 saturated heterocycles. The van der Waals surface area contributed by atoms with Gasteiger partial charge in [0.15, 0.2) is 22.4 Å². The maximum Gasteiger partial charge on any atom is 0.341 e. The van der Waals surface area contributed by atoms with E-state index in [1.54, 1.807) is 0 Å². The molecule has 1 aromatic carbocycles. The van der Waals surface area contributed by atoms with E-state index >= 15 is 0 Å². The van der Waals surface area contributed by atoms with E-state index in [1.807, 2.05) is 0 Å². The molecule has 0 amide bonds. The zero-order valence-electron chi connectivity index (χ0n) is 12.1. The van der Waals surface area contributed by atoms with Gasteiger partial charge in [0, 0.05) is 6.20 Å². The van der Waals surface area contributed by atoms with Gasteiger partial charge in [-0.05, 0) is 18.2 Å². The Morgan fingerprint density at radius 1 is 1.24 bits per heavy atom. The molecule has 0 unspecified atom stereocenters. The van der Waals surface area contributed by atoms with Crippen LogP contribution in [0.1, 0.15) is 10.4 Å². The fourth-order valence-corrected chi connectivity index (χ4v) is 2.42. The first-order chi connectivity index (χ1) is 11.7. The quantitative estimate of drug-likeness (QED) is 0.534. The van der Waals surface area contributed by atoms with E-state index < -0.39 is 50.6 Å². The highest BCUT2D eigenvalue weighted by molar-refractivity contribution is 6.29. The highest BCUT2D eigenvalue weighted by Gasteiger charge is 2.21. The molecule has 0 radical (unpaired) electrons. The summed E-state index contributed by atoms with van der Waals surface area (Å²) in [5.41, 5.74) is 1.99. The SMILES string of the molecule is Nc1c(F)ccc(-n2cc(C(=O)O)c(=O)c3cc(F)c(Cl)nc32)c1F. The standard InChI is InChI=1S/C15H7ClF3N3O3/c16-13-8(18)3-5-12(23)6(15(24)25)4-22(14(5)21-13)9-2-1-7(17)11(20)10(9)19/h1-4H,20H2,(H,24,25). The third kappa shape index (κ3) is 2.58. The molecule has 0 fully saturated rings. The number of halogens is 4. The summed E-state index contributed by atoms with van der Waals surface area (Å²) in [5.74, 6) is -4.91. The maximum absolute atomic E-state index is 14.3. The minimum absolute atomic E-state index is 0.314. The zero-order chi connectivity index (χ0) is 18.5. The molecule has 0 aliphatic heterocycles. The van der Waals surface area contributed by atoms with Gasteiger partial charge in [-0.2, -0.15) is 0 Å². The number of fused-ring (bicyclic) bond motifs is 1. The van der Waals surface area contributed by atoms with Crippen LogP contribution in [-0.2, 0) is 0 Å². The van der Waals surface area contributed by atoms with Crippen molar-refractivity contribution in [2.75, 3.05) is 5.73 Å². The lowest BCUT2D eigenvalue weighted by Gasteiger charge is -2.14. The van der Waals surface area contributed by atoms with Crippen LogP contribution in [0.3, 0.4) is 0 Å². The number of anilines is 1. The highest BCUT2D eigenvalue weighted by atomic mass is 35.5. The van der Waals surface area contributed by atoms with Crippen molar-refractivity contribution in [1.29, 1.82) is 0 Å². The van der Waals surface area contributed by atoms with E-state index in [9.17, 15) is 22.8 Å². The molecule has 0 atom stereocenters. The number of hydrogen-bond acceptors (Lipinski definition) is 4. The van der Waals surface area contributed by atoms with Crippen LogP contribution in [0.15, 0.2) is 29.2 Å². The van der Waals surface area contributed by atoms with E-state index in [0.717, 1.165) is 22.9 Å². The number of aromatic nitrogens is 2. The van der Waals surface area contributed by atoms with Crippen molar-refractivity contribution < 1.29 is 23.1 Å². The molecule has 0 aliphatic carbocycles. The smallest absolute Gasteiger partial charge is 0.341 e. The van der Waals surface area contributed by atoms with Crippen molar-refractivity contribution >= 4 is 34.3 Å². The number of nitrogens with zero attached hydrogens (tertiary/aromatic N) is 2. The molecular formula is C15H7ClF3N3O3. The van der Waals surface area contributed by atoms with Crippen LogP contribution in [0.2, 0.25) is 5.15 Å². The molecule has 0 saturated carbocycles. The lowest BCUT2D eigenvalue weighted by atomic mass is 10.1. The molecule has 2 aromatic heterocycles. The van der Waals surface area contributed by atoms with E-state index in [1.165, 1.54) is 0 Å². The Morgan fingerprint density at radius 2 is 1.92 bits per heavy atom. The highest BCUT2D eigenvalue weighted by Crippen LogP contribution is 2.26. The first-order valence-electron chi connectivity index (χ1n) is 6.61. The van der Waals surface area contributed by atoms with Crippen molar-refractivity contribution in [1.82, 2.24) is 9.55 Å². The number of carboxylic acids is 1. The summed E-state index contributed by atoms with van der Waals surface area (Å²) in [7, 11) is 0. The average molecular weight is 370 g/mol. The van der Waals surface area contributed by atoms with E-state index in [4.69, 9.17) is 22.4 Å². The summed E-state index contributed by atoms with van der Waals surface area (Å²) >= 11 is 5.60. The summed E-state index contributed by atoms with van der Waals surface area (Å²) in [6, 6.07) is 2.51. The monoisotopic (exact) mass is 369 g/mol. The first kappa shape index (κ1) is 16.8. The van der Waals surface area contributed by atoms with Crippen molar-refractivity contribution in [2.24, 2.45) is 0 Å². The topological polar surface area (TPSA) is 98.2 Å². The Kier molecular flexibility index (Phi) is 3.88. The maximum atomic E-state index is 14.3. The van der Waals surface area contributed by atoms with E-state index in [0.29, 0.717) is 6.07 Å². The number of aromatic carboxylic acids is 1. The van der Waals surface area contributed by atoms with Crippen LogP contribution >= 0.6 is 11.6 Å². The van der Waals surface area contributed by atoms with Gasteiger partial charge in [0.25, 0.3) is 0 Å². The molecule has 3 N–H and O–H groups in total. The Labute approximate surface area is 141 Å². The van der Waals surface area contributed by atoms with E-state index in [2.05, 4.69) is 4.98 Å². The van der Waals surface area contributed by atoms with Crippen LogP contribution in [0, 0.1) is 17.5 Å². The fraction of sp³-hybridized carbons (Fsp3) is 0. The summed E-state index contributed by atoms with van der Waals surface area (Å²) in [4.78, 5) is 27.1. The minimum atomic E-state index is -1.62. The van der Waals surface area contributed by atoms with Crippen LogP contribution < -0.4 is 11.2 Å². The average Bonchev–Trinajstić information content (AvgIpc) is 2.55. The number of hydrogen-bond donors (Lipinski definition) is 2. The number of rotatable bonds is 2. The number of carbonyl (C=O) groups is 1. The summed E-state index contributed by atoms with van der Waals surface area (Å²) in [6.07, 6.45) is 0.782. The first-order valence-corrected chi connectivity index (χ1v) is 6.98. The summed E-state index contributed by atoms with van der Waals surface area (Å²) in [6.45, 7) is 0. The molecule has 3 aromatic rings. The molecule has 0 aliphatic rings. The molecule has 3 rings (SSSR count). The Bertz CT molecular complexity index is 1110. The van der Waals surface area contributed by atoms with Gasteiger partial charge >= 0.3 is 5.97 Å². The zero-order valence-corrected chi connectivity index (χ0v) is 12.8. The summed E-state index contributed by atoms with van der Waals surface area (Å²) in [5, 5.41) is 8.10. The number of benzene rings is 1. The molecule has 0 bridgehead atoms. The van der Waals surface area contributed by atoms with Gasteiger partial charge in [0.05, 0.1) is 11.1 Å². The lowest BCUT2D eigenvalue weighted by Crippen LogP contribution is -2.20. The third-order valence-corrected chi connectivity index (χ3v) is 3.75. The van der Waals surface area contributed by atoms with Crippen molar-refractivity contribution in [3.8, 4) is 5.69 Å². The van der Waals surface area contributed by atoms with Crippen molar-refractivity contribution in [3.05, 3.63) is 62.8 Å². The normalized spacial score (nSPS) is 11.0. The largest absolute Gasteiger partial charge is 0.477 e. The molecular weight excluding hydrogens is 363 g/mol. The summed E-state index contributed by atoms with van der Waals surface area (Å²) < 4.78 is 42.2. The number of pyridine rings is 2.